The minimum atomic E-state index is -0.344. The predicted molar refractivity (Wildman–Crippen MR) is 70.2 cm³/mol. The van der Waals surface area contributed by atoms with Gasteiger partial charge in [0.05, 0.1) is 11.5 Å². The van der Waals surface area contributed by atoms with E-state index in [4.69, 9.17) is 4.74 Å². The number of hydrogen-bond donors (Lipinski definition) is 0. The Bertz CT molecular complexity index is 470. The summed E-state index contributed by atoms with van der Waals surface area (Å²) >= 11 is 0. The molecule has 0 amide bonds. The zero-order chi connectivity index (χ0) is 13.2. The fourth-order valence-electron chi connectivity index (χ4n) is 2.55. The largest absolute Gasteiger partial charge is 0.381 e. The Labute approximate surface area is 111 Å². The van der Waals surface area contributed by atoms with E-state index in [0.717, 1.165) is 39.0 Å². The molecule has 19 heavy (non-hydrogen) atoms. The van der Waals surface area contributed by atoms with Gasteiger partial charge in [-0.05, 0) is 25.3 Å². The van der Waals surface area contributed by atoms with E-state index in [1.165, 1.54) is 6.07 Å². The van der Waals surface area contributed by atoms with Crippen LogP contribution in [0.1, 0.15) is 19.3 Å². The first kappa shape index (κ1) is 12.3. The topological polar surface area (TPSA) is 68.5 Å². The molecule has 2 heterocycles. The smallest absolute Gasteiger partial charge is 0.311 e. The maximum absolute atomic E-state index is 11.1. The van der Waals surface area contributed by atoms with Crippen molar-refractivity contribution in [2.24, 2.45) is 5.92 Å². The Kier molecular flexibility index (Phi) is 3.33. The van der Waals surface area contributed by atoms with Crippen LogP contribution >= 0.6 is 0 Å². The van der Waals surface area contributed by atoms with Gasteiger partial charge in [-0.2, -0.15) is 0 Å². The lowest BCUT2D eigenvalue weighted by molar-refractivity contribution is -0.384. The van der Waals surface area contributed by atoms with Crippen molar-refractivity contribution in [3.63, 3.8) is 0 Å². The molecule has 6 nitrogen and oxygen atoms in total. The molecule has 0 bridgehead atoms. The van der Waals surface area contributed by atoms with E-state index in [9.17, 15) is 10.1 Å². The van der Waals surface area contributed by atoms with E-state index in [1.807, 2.05) is 0 Å². The molecule has 1 aromatic heterocycles. The average Bonchev–Trinajstić information content (AvgIpc) is 3.13. The molecule has 1 aliphatic heterocycles. The Balaban J connectivity index is 1.84. The van der Waals surface area contributed by atoms with Crippen LogP contribution in [-0.2, 0) is 4.74 Å². The van der Waals surface area contributed by atoms with Crippen molar-refractivity contribution in [2.45, 2.75) is 25.3 Å². The maximum Gasteiger partial charge on any atom is 0.311 e. The van der Waals surface area contributed by atoms with Crippen LogP contribution in [0.4, 0.5) is 11.5 Å². The molecular weight excluding hydrogens is 246 g/mol. The third-order valence-electron chi connectivity index (χ3n) is 3.70. The second-order valence-corrected chi connectivity index (χ2v) is 5.22. The standard InChI is InChI=1S/C13H17N3O3/c17-16(18)12-2-1-6-14-13(12)15(11-3-4-11)8-10-5-7-19-9-10/h1-2,6,10-11H,3-5,7-9H2. The van der Waals surface area contributed by atoms with Crippen LogP contribution in [0.3, 0.4) is 0 Å². The van der Waals surface area contributed by atoms with Gasteiger partial charge in [0.1, 0.15) is 0 Å². The monoisotopic (exact) mass is 263 g/mol. The van der Waals surface area contributed by atoms with Gasteiger partial charge >= 0.3 is 5.69 Å². The third kappa shape index (κ3) is 2.68. The van der Waals surface area contributed by atoms with E-state index in [1.54, 1.807) is 12.3 Å². The van der Waals surface area contributed by atoms with Crippen LogP contribution in [0.2, 0.25) is 0 Å². The van der Waals surface area contributed by atoms with Gasteiger partial charge in [-0.15, -0.1) is 0 Å². The average molecular weight is 263 g/mol. The van der Waals surface area contributed by atoms with Crippen LogP contribution in [0.15, 0.2) is 18.3 Å². The van der Waals surface area contributed by atoms with Gasteiger partial charge < -0.3 is 9.64 Å². The van der Waals surface area contributed by atoms with Gasteiger partial charge in [0.15, 0.2) is 0 Å². The summed E-state index contributed by atoms with van der Waals surface area (Å²) in [5, 5.41) is 11.1. The van der Waals surface area contributed by atoms with E-state index in [2.05, 4.69) is 9.88 Å². The SMILES string of the molecule is O=[N+]([O-])c1cccnc1N(CC1CCOC1)C1CC1. The van der Waals surface area contributed by atoms with Crippen molar-refractivity contribution >= 4 is 11.5 Å². The van der Waals surface area contributed by atoms with Crippen molar-refractivity contribution in [1.29, 1.82) is 0 Å². The van der Waals surface area contributed by atoms with Gasteiger partial charge in [-0.25, -0.2) is 4.98 Å². The van der Waals surface area contributed by atoms with Crippen molar-refractivity contribution in [1.82, 2.24) is 4.98 Å². The lowest BCUT2D eigenvalue weighted by Crippen LogP contribution is -2.33. The number of hydrogen-bond acceptors (Lipinski definition) is 5. The summed E-state index contributed by atoms with van der Waals surface area (Å²) in [6.45, 7) is 2.36. The number of aromatic nitrogens is 1. The highest BCUT2D eigenvalue weighted by Crippen LogP contribution is 2.36. The van der Waals surface area contributed by atoms with Crippen LogP contribution in [-0.4, -0.2) is 35.7 Å². The zero-order valence-electron chi connectivity index (χ0n) is 10.7. The van der Waals surface area contributed by atoms with Crippen molar-refractivity contribution in [3.8, 4) is 0 Å². The molecule has 2 aliphatic rings. The summed E-state index contributed by atoms with van der Waals surface area (Å²) in [4.78, 5) is 17.1. The molecule has 6 heteroatoms. The number of nitro groups is 1. The molecule has 0 spiro atoms. The summed E-state index contributed by atoms with van der Waals surface area (Å²) in [5.41, 5.74) is 0.105. The molecule has 102 valence electrons. The Hall–Kier alpha value is -1.69. The molecule has 0 radical (unpaired) electrons. The van der Waals surface area contributed by atoms with Crippen LogP contribution in [0.25, 0.3) is 0 Å². The van der Waals surface area contributed by atoms with E-state index in [0.29, 0.717) is 17.8 Å². The van der Waals surface area contributed by atoms with Crippen molar-refractivity contribution in [2.75, 3.05) is 24.7 Å². The Morgan fingerprint density at radius 1 is 1.47 bits per heavy atom. The highest BCUT2D eigenvalue weighted by atomic mass is 16.6. The number of rotatable bonds is 5. The first-order chi connectivity index (χ1) is 9.25. The molecule has 1 atom stereocenters. The van der Waals surface area contributed by atoms with Gasteiger partial charge in [0.25, 0.3) is 0 Å². The Morgan fingerprint density at radius 2 is 2.32 bits per heavy atom. The quantitative estimate of drug-likeness (QED) is 0.600. The number of nitrogens with zero attached hydrogens (tertiary/aromatic N) is 3. The summed E-state index contributed by atoms with van der Waals surface area (Å²) < 4.78 is 5.39. The highest BCUT2D eigenvalue weighted by Gasteiger charge is 2.35. The normalized spacial score (nSPS) is 22.4. The van der Waals surface area contributed by atoms with Crippen molar-refractivity contribution in [3.05, 3.63) is 28.4 Å². The second-order valence-electron chi connectivity index (χ2n) is 5.22. The molecule has 1 aromatic rings. The maximum atomic E-state index is 11.1. The Morgan fingerprint density at radius 3 is 2.95 bits per heavy atom. The fraction of sp³-hybridized carbons (Fsp3) is 0.615. The minimum absolute atomic E-state index is 0.105. The van der Waals surface area contributed by atoms with Gasteiger partial charge in [-0.3, -0.25) is 10.1 Å². The number of pyridine rings is 1. The molecule has 1 saturated carbocycles. The van der Waals surface area contributed by atoms with Crippen molar-refractivity contribution < 1.29 is 9.66 Å². The third-order valence-corrected chi connectivity index (χ3v) is 3.70. The van der Waals surface area contributed by atoms with Gasteiger partial charge in [0.2, 0.25) is 5.82 Å². The van der Waals surface area contributed by atoms with Crippen LogP contribution < -0.4 is 4.90 Å². The molecule has 1 aliphatic carbocycles. The first-order valence-electron chi connectivity index (χ1n) is 6.69. The predicted octanol–water partition coefficient (Wildman–Crippen LogP) is 2.00. The summed E-state index contributed by atoms with van der Waals surface area (Å²) in [6.07, 6.45) is 4.86. The first-order valence-corrected chi connectivity index (χ1v) is 6.69. The van der Waals surface area contributed by atoms with E-state index in [-0.39, 0.29) is 10.6 Å². The zero-order valence-corrected chi connectivity index (χ0v) is 10.7. The van der Waals surface area contributed by atoms with E-state index >= 15 is 0 Å². The lowest BCUT2D eigenvalue weighted by atomic mass is 10.1. The molecule has 0 aromatic carbocycles. The lowest BCUT2D eigenvalue weighted by Gasteiger charge is -2.25. The highest BCUT2D eigenvalue weighted by molar-refractivity contribution is 5.58. The summed E-state index contributed by atoms with van der Waals surface area (Å²) in [7, 11) is 0. The number of ether oxygens (including phenoxy) is 1. The van der Waals surface area contributed by atoms with E-state index < -0.39 is 0 Å². The summed E-state index contributed by atoms with van der Waals surface area (Å²) in [5.74, 6) is 0.976. The fourth-order valence-corrected chi connectivity index (χ4v) is 2.55. The van der Waals surface area contributed by atoms with Crippen LogP contribution in [0, 0.1) is 16.0 Å². The molecule has 2 fully saturated rings. The minimum Gasteiger partial charge on any atom is -0.381 e. The van der Waals surface area contributed by atoms with Gasteiger partial charge in [-0.1, -0.05) is 0 Å². The summed E-state index contributed by atoms with van der Waals surface area (Å²) in [6, 6.07) is 3.56. The molecule has 3 rings (SSSR count). The van der Waals surface area contributed by atoms with Crippen LogP contribution in [0.5, 0.6) is 0 Å². The molecular formula is C13H17N3O3. The molecule has 0 N–H and O–H groups in total. The second kappa shape index (κ2) is 5.13. The molecule has 1 unspecified atom stereocenters. The van der Waals surface area contributed by atoms with Gasteiger partial charge in [0, 0.05) is 37.4 Å². The number of anilines is 1. The molecule has 1 saturated heterocycles.